The summed E-state index contributed by atoms with van der Waals surface area (Å²) in [6, 6.07) is 36.9. The smallest absolute Gasteiger partial charge is 0.264 e. The number of hydrogen-bond donors (Lipinski definition) is 1. The van der Waals surface area contributed by atoms with E-state index in [1.165, 1.54) is 39.7 Å². The largest absolute Gasteiger partial charge is 0.493 e. The second-order valence-electron chi connectivity index (χ2n) is 12.9. The summed E-state index contributed by atoms with van der Waals surface area (Å²) >= 11 is 13.7. The third-order valence-corrected chi connectivity index (χ3v) is 11.3. The molecular weight excluding hydrogens is 697 g/mol. The molecule has 1 fully saturated rings. The van der Waals surface area contributed by atoms with Gasteiger partial charge in [0.25, 0.3) is 5.91 Å². The van der Waals surface area contributed by atoms with Crippen LogP contribution in [0.5, 0.6) is 11.5 Å². The topological polar surface area (TPSA) is 63.2 Å². The molecule has 1 saturated heterocycles. The summed E-state index contributed by atoms with van der Waals surface area (Å²) in [5, 5.41) is 4.66. The van der Waals surface area contributed by atoms with Crippen LogP contribution in [-0.2, 0) is 11.4 Å². The third kappa shape index (κ3) is 6.98. The van der Waals surface area contributed by atoms with E-state index >= 15 is 0 Å². The highest BCUT2D eigenvalue weighted by molar-refractivity contribution is 8.18. The molecule has 3 aliphatic rings. The predicted molar refractivity (Wildman–Crippen MR) is 209 cm³/mol. The fourth-order valence-electron chi connectivity index (χ4n) is 7.34. The Morgan fingerprint density at radius 2 is 1.51 bits per heavy atom. The van der Waals surface area contributed by atoms with Crippen molar-refractivity contribution < 1.29 is 14.3 Å². The van der Waals surface area contributed by atoms with Crippen molar-refractivity contribution in [2.75, 3.05) is 25.1 Å². The van der Waals surface area contributed by atoms with Gasteiger partial charge in [-0.25, -0.2) is 4.99 Å². The van der Waals surface area contributed by atoms with E-state index in [-0.39, 0.29) is 24.3 Å². The molecular formula is C42H35Cl2N3O3S. The monoisotopic (exact) mass is 731 g/mol. The highest BCUT2D eigenvalue weighted by atomic mass is 35.5. The standard InChI is InChI=1S/C42H35Cl2N3O3S/c1-49-38-20-26(12-15-37(38)50-25-29-13-14-30(43)22-36(29)44)21-39-41(48)46-42(51-39)45-31-23-34-32(27-8-4-2-5-9-27)16-18-47-19-17-33(35(24-31)40(34)47)28-10-6-3-7-11-28/h2-15,20-24,32-33H,16-19,25H2,1H3,(H,45,46,48)/b39-21-/t32-,33-/m0/s1. The molecule has 1 amide bonds. The van der Waals surface area contributed by atoms with E-state index in [0.717, 1.165) is 42.7 Å². The summed E-state index contributed by atoms with van der Waals surface area (Å²) in [6.07, 6.45) is 3.94. The Bertz CT molecular complexity index is 2100. The van der Waals surface area contributed by atoms with Gasteiger partial charge in [0.05, 0.1) is 17.7 Å². The number of thioether (sulfide) groups is 1. The molecule has 2 atom stereocenters. The summed E-state index contributed by atoms with van der Waals surface area (Å²) < 4.78 is 11.7. The number of aliphatic imine (C=N–C) groups is 1. The molecule has 1 N–H and O–H groups in total. The van der Waals surface area contributed by atoms with E-state index in [2.05, 4.69) is 83.0 Å². The van der Waals surface area contributed by atoms with Crippen LogP contribution in [0.15, 0.2) is 119 Å². The quantitative estimate of drug-likeness (QED) is 0.161. The molecule has 3 heterocycles. The lowest BCUT2D eigenvalue weighted by atomic mass is 9.76. The van der Waals surface area contributed by atoms with Gasteiger partial charge < -0.3 is 19.7 Å². The van der Waals surface area contributed by atoms with Crippen LogP contribution >= 0.6 is 35.0 Å². The van der Waals surface area contributed by atoms with Gasteiger partial charge in [0.2, 0.25) is 0 Å². The van der Waals surface area contributed by atoms with E-state index in [4.69, 9.17) is 37.7 Å². The lowest BCUT2D eigenvalue weighted by Crippen LogP contribution is -2.37. The lowest BCUT2D eigenvalue weighted by Gasteiger charge is -2.43. The van der Waals surface area contributed by atoms with Gasteiger partial charge >= 0.3 is 0 Å². The Morgan fingerprint density at radius 3 is 2.14 bits per heavy atom. The second kappa shape index (κ2) is 14.5. The highest BCUT2D eigenvalue weighted by Gasteiger charge is 2.35. The maximum atomic E-state index is 13.2. The van der Waals surface area contributed by atoms with Crippen molar-refractivity contribution in [2.45, 2.75) is 31.3 Å². The number of anilines is 1. The molecule has 256 valence electrons. The lowest BCUT2D eigenvalue weighted by molar-refractivity contribution is -0.115. The minimum absolute atomic E-state index is 0.190. The molecule has 5 aromatic carbocycles. The number of halogens is 2. The summed E-state index contributed by atoms with van der Waals surface area (Å²) in [5.74, 6) is 1.47. The Labute approximate surface area is 312 Å². The van der Waals surface area contributed by atoms with Gasteiger partial charge in [-0.15, -0.1) is 0 Å². The number of methoxy groups -OCH3 is 1. The summed E-state index contributed by atoms with van der Waals surface area (Å²) in [4.78, 5) is 21.4. The Balaban J connectivity index is 1.09. The first-order chi connectivity index (χ1) is 24.9. The van der Waals surface area contributed by atoms with E-state index in [0.29, 0.717) is 31.6 Å². The number of amides is 1. The van der Waals surface area contributed by atoms with Crippen molar-refractivity contribution in [3.05, 3.63) is 158 Å². The highest BCUT2D eigenvalue weighted by Crippen LogP contribution is 2.50. The molecule has 8 rings (SSSR count). The maximum absolute atomic E-state index is 13.2. The van der Waals surface area contributed by atoms with Crippen molar-refractivity contribution in [1.29, 1.82) is 0 Å². The van der Waals surface area contributed by atoms with Crippen molar-refractivity contribution in [2.24, 2.45) is 4.99 Å². The summed E-state index contributed by atoms with van der Waals surface area (Å²) in [7, 11) is 1.59. The number of carbonyl (C=O) groups is 1. The molecule has 5 aromatic rings. The predicted octanol–water partition coefficient (Wildman–Crippen LogP) is 10.4. The molecule has 0 saturated carbocycles. The van der Waals surface area contributed by atoms with Gasteiger partial charge in [-0.2, -0.15) is 0 Å². The molecule has 0 bridgehead atoms. The van der Waals surface area contributed by atoms with Crippen LogP contribution in [0, 0.1) is 0 Å². The van der Waals surface area contributed by atoms with Gasteiger partial charge in [0, 0.05) is 46.2 Å². The number of rotatable bonds is 8. The van der Waals surface area contributed by atoms with Crippen LogP contribution < -0.4 is 19.7 Å². The minimum Gasteiger partial charge on any atom is -0.493 e. The Hall–Kier alpha value is -4.69. The first kappa shape index (κ1) is 33.5. The number of benzene rings is 5. The number of hydrogen-bond acceptors (Lipinski definition) is 6. The number of amidine groups is 1. The van der Waals surface area contributed by atoms with Gasteiger partial charge in [-0.05, 0) is 94.9 Å². The van der Waals surface area contributed by atoms with Gasteiger partial charge in [0.1, 0.15) is 6.61 Å². The molecule has 9 heteroatoms. The number of carbonyl (C=O) groups excluding carboxylic acids is 1. The van der Waals surface area contributed by atoms with Crippen LogP contribution in [0.2, 0.25) is 10.0 Å². The average molecular weight is 733 g/mol. The van der Waals surface area contributed by atoms with Crippen molar-refractivity contribution >= 4 is 63.5 Å². The minimum atomic E-state index is -0.190. The zero-order valence-corrected chi connectivity index (χ0v) is 30.3. The first-order valence-corrected chi connectivity index (χ1v) is 18.6. The fourth-order valence-corrected chi connectivity index (χ4v) is 8.65. The number of nitrogens with zero attached hydrogens (tertiary/aromatic N) is 2. The van der Waals surface area contributed by atoms with Crippen molar-refractivity contribution in [1.82, 2.24) is 5.32 Å². The number of nitrogens with one attached hydrogen (secondary N) is 1. The SMILES string of the molecule is COc1cc(/C=C2\SC(=Nc3cc4c5c(c3)[C@H](c3ccccc3)CCN5CC[C@H]4c3ccccc3)NC2=O)ccc1OCc1ccc(Cl)cc1Cl. The molecule has 0 unspecified atom stereocenters. The van der Waals surface area contributed by atoms with Crippen molar-refractivity contribution in [3.8, 4) is 11.5 Å². The molecule has 6 nitrogen and oxygen atoms in total. The van der Waals surface area contributed by atoms with Crippen LogP contribution in [0.1, 0.15) is 58.1 Å². The molecule has 0 radical (unpaired) electrons. The molecule has 3 aliphatic heterocycles. The summed E-state index contributed by atoms with van der Waals surface area (Å²) in [6.45, 7) is 2.32. The fraction of sp³-hybridized carbons (Fsp3) is 0.190. The van der Waals surface area contributed by atoms with Crippen LogP contribution in [0.25, 0.3) is 6.08 Å². The summed E-state index contributed by atoms with van der Waals surface area (Å²) in [5.41, 5.74) is 9.07. The average Bonchev–Trinajstić information content (AvgIpc) is 3.49. The van der Waals surface area contributed by atoms with Crippen LogP contribution in [-0.4, -0.2) is 31.3 Å². The molecule has 51 heavy (non-hydrogen) atoms. The number of ether oxygens (including phenoxy) is 2. The molecule has 0 spiro atoms. The zero-order chi connectivity index (χ0) is 34.9. The Kier molecular flexibility index (Phi) is 9.52. The van der Waals surface area contributed by atoms with Gasteiger partial charge in [-0.3, -0.25) is 4.79 Å². The van der Waals surface area contributed by atoms with Gasteiger partial charge in [0.15, 0.2) is 16.7 Å². The Morgan fingerprint density at radius 1 is 0.843 bits per heavy atom. The normalized spacial score (nSPS) is 19.6. The van der Waals surface area contributed by atoms with E-state index < -0.39 is 0 Å². The second-order valence-corrected chi connectivity index (χ2v) is 14.8. The van der Waals surface area contributed by atoms with Crippen LogP contribution in [0.3, 0.4) is 0 Å². The van der Waals surface area contributed by atoms with E-state index in [9.17, 15) is 4.79 Å². The van der Waals surface area contributed by atoms with Crippen molar-refractivity contribution in [3.63, 3.8) is 0 Å². The van der Waals surface area contributed by atoms with Crippen LogP contribution in [0.4, 0.5) is 11.4 Å². The van der Waals surface area contributed by atoms with E-state index in [1.807, 2.05) is 30.3 Å². The molecule has 0 aliphatic carbocycles. The zero-order valence-electron chi connectivity index (χ0n) is 27.9. The maximum Gasteiger partial charge on any atom is 0.264 e. The van der Waals surface area contributed by atoms with Gasteiger partial charge in [-0.1, -0.05) is 96.0 Å². The van der Waals surface area contributed by atoms with E-state index in [1.54, 1.807) is 19.2 Å². The third-order valence-electron chi connectivity index (χ3n) is 9.77. The molecule has 0 aromatic heterocycles. The first-order valence-electron chi connectivity index (χ1n) is 17.0.